The molecule has 2 aliphatic heterocycles. The Morgan fingerprint density at radius 2 is 1.89 bits per heavy atom. The van der Waals surface area contributed by atoms with Crippen LogP contribution in [0.1, 0.15) is 37.3 Å². The highest BCUT2D eigenvalue weighted by molar-refractivity contribution is 9.10. The van der Waals surface area contributed by atoms with Gasteiger partial charge in [0.25, 0.3) is 0 Å². The molecule has 1 amide bonds. The first-order valence-corrected chi connectivity index (χ1v) is 10.6. The van der Waals surface area contributed by atoms with Gasteiger partial charge in [-0.1, -0.05) is 22.0 Å². The Balaban J connectivity index is 1.31. The second-order valence-corrected chi connectivity index (χ2v) is 7.97. The van der Waals surface area contributed by atoms with Crippen LogP contribution < -0.4 is 14.2 Å². The third-order valence-corrected chi connectivity index (χ3v) is 5.67. The summed E-state index contributed by atoms with van der Waals surface area (Å²) in [5.74, 6) is 2.59. The van der Waals surface area contributed by atoms with E-state index in [1.807, 2.05) is 41.3 Å². The Bertz CT molecular complexity index is 824. The van der Waals surface area contributed by atoms with Gasteiger partial charge in [-0.05, 0) is 61.2 Å². The summed E-state index contributed by atoms with van der Waals surface area (Å²) < 4.78 is 18.1. The van der Waals surface area contributed by atoms with Crippen LogP contribution in [0.25, 0.3) is 0 Å². The Morgan fingerprint density at radius 1 is 1.11 bits per heavy atom. The van der Waals surface area contributed by atoms with Crippen molar-refractivity contribution < 1.29 is 19.0 Å². The molecule has 0 unspecified atom stereocenters. The van der Waals surface area contributed by atoms with Crippen LogP contribution in [0.4, 0.5) is 0 Å². The van der Waals surface area contributed by atoms with Gasteiger partial charge in [-0.2, -0.15) is 0 Å². The quantitative estimate of drug-likeness (QED) is 0.602. The molecule has 28 heavy (non-hydrogen) atoms. The topological polar surface area (TPSA) is 48.0 Å². The lowest BCUT2D eigenvalue weighted by molar-refractivity contribution is -0.132. The van der Waals surface area contributed by atoms with Crippen LogP contribution in [-0.4, -0.2) is 37.2 Å². The highest BCUT2D eigenvalue weighted by Gasteiger charge is 2.30. The minimum atomic E-state index is 0.121. The molecule has 2 heterocycles. The Labute approximate surface area is 173 Å². The fourth-order valence-electron chi connectivity index (χ4n) is 3.77. The number of fused-ring (bicyclic) bond motifs is 1. The maximum Gasteiger partial charge on any atom is 0.223 e. The average Bonchev–Trinajstić information content (AvgIpc) is 3.22. The fourth-order valence-corrected chi connectivity index (χ4v) is 4.03. The molecule has 4 rings (SSSR count). The maximum atomic E-state index is 12.8. The molecule has 0 aliphatic carbocycles. The standard InChI is InChI=1S/C22H24BrNO4/c23-17-6-8-18(9-7-17)26-12-2-4-22(25)24-11-1-3-19(24)16-5-10-20-21(15-16)28-14-13-27-20/h5-10,15,19H,1-4,11-14H2/t19-/m1/s1. The lowest BCUT2D eigenvalue weighted by Crippen LogP contribution is -2.30. The molecule has 6 heteroatoms. The van der Waals surface area contributed by atoms with Crippen molar-refractivity contribution in [2.45, 2.75) is 31.7 Å². The minimum Gasteiger partial charge on any atom is -0.494 e. The van der Waals surface area contributed by atoms with E-state index in [0.29, 0.717) is 32.7 Å². The Hall–Kier alpha value is -2.21. The Kier molecular flexibility index (Phi) is 6.05. The molecule has 1 atom stereocenters. The number of ether oxygens (including phenoxy) is 3. The second kappa shape index (κ2) is 8.86. The molecule has 0 radical (unpaired) electrons. The average molecular weight is 446 g/mol. The van der Waals surface area contributed by atoms with Gasteiger partial charge >= 0.3 is 0 Å². The second-order valence-electron chi connectivity index (χ2n) is 7.05. The lowest BCUT2D eigenvalue weighted by atomic mass is 10.0. The van der Waals surface area contributed by atoms with Gasteiger partial charge in [-0.3, -0.25) is 4.79 Å². The van der Waals surface area contributed by atoms with Gasteiger partial charge in [-0.25, -0.2) is 0 Å². The zero-order valence-corrected chi connectivity index (χ0v) is 17.3. The molecule has 0 spiro atoms. The highest BCUT2D eigenvalue weighted by atomic mass is 79.9. The molecule has 0 N–H and O–H groups in total. The van der Waals surface area contributed by atoms with E-state index < -0.39 is 0 Å². The predicted octanol–water partition coefficient (Wildman–Crippen LogP) is 4.74. The molecule has 0 saturated carbocycles. The van der Waals surface area contributed by atoms with Gasteiger partial charge < -0.3 is 19.1 Å². The molecular formula is C22H24BrNO4. The van der Waals surface area contributed by atoms with E-state index in [1.54, 1.807) is 0 Å². The molecule has 1 fully saturated rings. The molecule has 2 aromatic rings. The van der Waals surface area contributed by atoms with Gasteiger partial charge in [0.1, 0.15) is 19.0 Å². The normalized spacial score (nSPS) is 18.2. The summed E-state index contributed by atoms with van der Waals surface area (Å²) in [6, 6.07) is 13.9. The summed E-state index contributed by atoms with van der Waals surface area (Å²) in [6.07, 6.45) is 3.22. The zero-order chi connectivity index (χ0) is 19.3. The van der Waals surface area contributed by atoms with Crippen LogP contribution >= 0.6 is 15.9 Å². The number of likely N-dealkylation sites (tertiary alicyclic amines) is 1. The van der Waals surface area contributed by atoms with E-state index >= 15 is 0 Å². The van der Waals surface area contributed by atoms with Crippen molar-refractivity contribution in [1.82, 2.24) is 4.90 Å². The first-order chi connectivity index (χ1) is 13.7. The van der Waals surface area contributed by atoms with Crippen LogP contribution in [0.2, 0.25) is 0 Å². The Morgan fingerprint density at radius 3 is 2.71 bits per heavy atom. The van der Waals surface area contributed by atoms with Crippen LogP contribution in [-0.2, 0) is 4.79 Å². The largest absolute Gasteiger partial charge is 0.494 e. The van der Waals surface area contributed by atoms with E-state index in [0.717, 1.165) is 46.7 Å². The number of hydrogen-bond donors (Lipinski definition) is 0. The van der Waals surface area contributed by atoms with E-state index in [1.165, 1.54) is 0 Å². The third kappa shape index (κ3) is 4.43. The molecular weight excluding hydrogens is 422 g/mol. The zero-order valence-electron chi connectivity index (χ0n) is 15.7. The predicted molar refractivity (Wildman–Crippen MR) is 110 cm³/mol. The van der Waals surface area contributed by atoms with Gasteiger partial charge in [0.05, 0.1) is 12.6 Å². The molecule has 0 aromatic heterocycles. The summed E-state index contributed by atoms with van der Waals surface area (Å²) >= 11 is 3.41. The number of halogens is 1. The lowest BCUT2D eigenvalue weighted by Gasteiger charge is -2.27. The number of nitrogens with zero attached hydrogens (tertiary/aromatic N) is 1. The number of rotatable bonds is 6. The molecule has 2 aromatic carbocycles. The van der Waals surface area contributed by atoms with Crippen molar-refractivity contribution in [3.63, 3.8) is 0 Å². The number of amides is 1. The van der Waals surface area contributed by atoms with E-state index in [-0.39, 0.29) is 11.9 Å². The summed E-state index contributed by atoms with van der Waals surface area (Å²) in [6.45, 7) is 2.51. The van der Waals surface area contributed by atoms with Gasteiger partial charge in [0, 0.05) is 17.4 Å². The molecule has 148 valence electrons. The summed E-state index contributed by atoms with van der Waals surface area (Å²) in [5, 5.41) is 0. The van der Waals surface area contributed by atoms with E-state index in [9.17, 15) is 4.79 Å². The van der Waals surface area contributed by atoms with Gasteiger partial charge in [0.15, 0.2) is 11.5 Å². The minimum absolute atomic E-state index is 0.121. The molecule has 0 bridgehead atoms. The first-order valence-electron chi connectivity index (χ1n) is 9.78. The van der Waals surface area contributed by atoms with E-state index in [4.69, 9.17) is 14.2 Å². The number of carbonyl (C=O) groups is 1. The molecule has 5 nitrogen and oxygen atoms in total. The first kappa shape index (κ1) is 19.1. The number of hydrogen-bond acceptors (Lipinski definition) is 4. The SMILES string of the molecule is O=C(CCCOc1ccc(Br)cc1)N1CCC[C@@H]1c1ccc2c(c1)OCCO2. The maximum absolute atomic E-state index is 12.8. The monoisotopic (exact) mass is 445 g/mol. The molecule has 2 aliphatic rings. The smallest absolute Gasteiger partial charge is 0.223 e. The van der Waals surface area contributed by atoms with Gasteiger partial charge in [-0.15, -0.1) is 0 Å². The highest BCUT2D eigenvalue weighted by Crippen LogP contribution is 2.38. The third-order valence-electron chi connectivity index (χ3n) is 5.14. The van der Waals surface area contributed by atoms with Crippen molar-refractivity contribution in [3.8, 4) is 17.2 Å². The summed E-state index contributed by atoms with van der Waals surface area (Å²) in [5.41, 5.74) is 1.13. The van der Waals surface area contributed by atoms with Crippen LogP contribution in [0, 0.1) is 0 Å². The van der Waals surface area contributed by atoms with Crippen molar-refractivity contribution in [1.29, 1.82) is 0 Å². The number of carbonyl (C=O) groups excluding carboxylic acids is 1. The molecule has 1 saturated heterocycles. The van der Waals surface area contributed by atoms with Crippen LogP contribution in [0.5, 0.6) is 17.2 Å². The van der Waals surface area contributed by atoms with E-state index in [2.05, 4.69) is 22.0 Å². The van der Waals surface area contributed by atoms with Crippen molar-refractivity contribution in [2.24, 2.45) is 0 Å². The van der Waals surface area contributed by atoms with Crippen molar-refractivity contribution >= 4 is 21.8 Å². The number of benzene rings is 2. The van der Waals surface area contributed by atoms with Crippen LogP contribution in [0.3, 0.4) is 0 Å². The van der Waals surface area contributed by atoms with Crippen molar-refractivity contribution in [2.75, 3.05) is 26.4 Å². The summed E-state index contributed by atoms with van der Waals surface area (Å²) in [4.78, 5) is 14.8. The van der Waals surface area contributed by atoms with Gasteiger partial charge in [0.2, 0.25) is 5.91 Å². The van der Waals surface area contributed by atoms with Crippen molar-refractivity contribution in [3.05, 3.63) is 52.5 Å². The van der Waals surface area contributed by atoms with Crippen LogP contribution in [0.15, 0.2) is 46.9 Å². The summed E-state index contributed by atoms with van der Waals surface area (Å²) in [7, 11) is 0. The fraction of sp³-hybridized carbons (Fsp3) is 0.409.